The highest BCUT2D eigenvalue weighted by Gasteiger charge is 2.36. The van der Waals surface area contributed by atoms with E-state index in [1.54, 1.807) is 0 Å². The molecule has 0 radical (unpaired) electrons. The highest BCUT2D eigenvalue weighted by atomic mass is 16.4. The lowest BCUT2D eigenvalue weighted by atomic mass is 9.98. The molecule has 0 bridgehead atoms. The molecule has 0 aromatic rings. The summed E-state index contributed by atoms with van der Waals surface area (Å²) in [5, 5.41) is 8.98. The molecule has 0 aliphatic carbocycles. The molecule has 0 aromatic carbocycles. The smallest absolute Gasteiger partial charge is 0.326 e. The van der Waals surface area contributed by atoms with Gasteiger partial charge in [-0.2, -0.15) is 0 Å². The summed E-state index contributed by atoms with van der Waals surface area (Å²) in [5.74, 6) is -1.07. The summed E-state index contributed by atoms with van der Waals surface area (Å²) in [5.41, 5.74) is 5.83. The summed E-state index contributed by atoms with van der Waals surface area (Å²) in [7, 11) is 0. The van der Waals surface area contributed by atoms with Gasteiger partial charge in [0.1, 0.15) is 6.04 Å². The fraction of sp³-hybridized carbons (Fsp3) is 0.818. The van der Waals surface area contributed by atoms with Crippen LogP contribution in [0, 0.1) is 5.92 Å². The Morgan fingerprint density at radius 3 is 2.69 bits per heavy atom. The van der Waals surface area contributed by atoms with Crippen molar-refractivity contribution < 1.29 is 14.7 Å². The number of hydrogen-bond donors (Lipinski definition) is 2. The number of rotatable bonds is 4. The molecule has 1 rings (SSSR count). The zero-order chi connectivity index (χ0) is 12.3. The SMILES string of the molecule is CC[C@H](C)[C@@H](N)C(=O)N1CCC[C@@H]1C(=O)O. The maximum Gasteiger partial charge on any atom is 0.326 e. The van der Waals surface area contributed by atoms with E-state index in [1.807, 2.05) is 13.8 Å². The number of nitrogens with zero attached hydrogens (tertiary/aromatic N) is 1. The zero-order valence-electron chi connectivity index (χ0n) is 9.85. The van der Waals surface area contributed by atoms with Crippen LogP contribution in [-0.4, -0.2) is 40.5 Å². The summed E-state index contributed by atoms with van der Waals surface area (Å²) >= 11 is 0. The molecule has 5 nitrogen and oxygen atoms in total. The van der Waals surface area contributed by atoms with Gasteiger partial charge in [0.25, 0.3) is 0 Å². The first kappa shape index (κ1) is 13.0. The normalized spacial score (nSPS) is 24.2. The van der Waals surface area contributed by atoms with Gasteiger partial charge in [-0.25, -0.2) is 4.79 Å². The van der Waals surface area contributed by atoms with Crippen LogP contribution in [0.2, 0.25) is 0 Å². The second-order valence-electron chi connectivity index (χ2n) is 4.44. The van der Waals surface area contributed by atoms with E-state index in [-0.39, 0.29) is 11.8 Å². The quantitative estimate of drug-likeness (QED) is 0.731. The fourth-order valence-corrected chi connectivity index (χ4v) is 1.98. The predicted molar refractivity (Wildman–Crippen MR) is 59.8 cm³/mol. The molecule has 0 unspecified atom stereocenters. The van der Waals surface area contributed by atoms with Crippen molar-refractivity contribution in [3.05, 3.63) is 0 Å². The maximum absolute atomic E-state index is 12.0. The number of nitrogens with two attached hydrogens (primary N) is 1. The first-order chi connectivity index (χ1) is 7.49. The van der Waals surface area contributed by atoms with Gasteiger partial charge in [-0.05, 0) is 18.8 Å². The maximum atomic E-state index is 12.0. The molecule has 1 saturated heterocycles. The summed E-state index contributed by atoms with van der Waals surface area (Å²) in [4.78, 5) is 24.4. The number of aliphatic carboxylic acids is 1. The van der Waals surface area contributed by atoms with Gasteiger partial charge in [-0.15, -0.1) is 0 Å². The monoisotopic (exact) mass is 228 g/mol. The lowest BCUT2D eigenvalue weighted by molar-refractivity contribution is -0.149. The van der Waals surface area contributed by atoms with Gasteiger partial charge in [0, 0.05) is 6.54 Å². The summed E-state index contributed by atoms with van der Waals surface area (Å²) in [6.07, 6.45) is 2.10. The van der Waals surface area contributed by atoms with E-state index in [0.29, 0.717) is 13.0 Å². The molecule has 16 heavy (non-hydrogen) atoms. The van der Waals surface area contributed by atoms with Gasteiger partial charge in [0.2, 0.25) is 5.91 Å². The highest BCUT2D eigenvalue weighted by Crippen LogP contribution is 2.20. The Balaban J connectivity index is 2.69. The van der Waals surface area contributed by atoms with Gasteiger partial charge < -0.3 is 15.7 Å². The minimum atomic E-state index is -0.929. The summed E-state index contributed by atoms with van der Waals surface area (Å²) in [6.45, 7) is 4.39. The van der Waals surface area contributed by atoms with Crippen LogP contribution < -0.4 is 5.73 Å². The van der Waals surface area contributed by atoms with Crippen LogP contribution >= 0.6 is 0 Å². The lowest BCUT2D eigenvalue weighted by Gasteiger charge is -2.27. The number of amides is 1. The van der Waals surface area contributed by atoms with Crippen molar-refractivity contribution in [2.75, 3.05) is 6.54 Å². The number of likely N-dealkylation sites (tertiary alicyclic amines) is 1. The zero-order valence-corrected chi connectivity index (χ0v) is 9.85. The Hall–Kier alpha value is -1.10. The molecule has 1 fully saturated rings. The van der Waals surface area contributed by atoms with Crippen molar-refractivity contribution in [1.29, 1.82) is 0 Å². The predicted octanol–water partition coefficient (Wildman–Crippen LogP) is 0.435. The van der Waals surface area contributed by atoms with Crippen molar-refractivity contribution in [3.8, 4) is 0 Å². The van der Waals surface area contributed by atoms with E-state index in [1.165, 1.54) is 4.90 Å². The fourth-order valence-electron chi connectivity index (χ4n) is 1.98. The van der Waals surface area contributed by atoms with Crippen molar-refractivity contribution in [1.82, 2.24) is 4.90 Å². The summed E-state index contributed by atoms with van der Waals surface area (Å²) < 4.78 is 0. The van der Waals surface area contributed by atoms with Crippen LogP contribution in [0.15, 0.2) is 0 Å². The van der Waals surface area contributed by atoms with E-state index >= 15 is 0 Å². The topological polar surface area (TPSA) is 83.6 Å². The van der Waals surface area contributed by atoms with E-state index in [4.69, 9.17) is 10.8 Å². The average Bonchev–Trinajstić information content (AvgIpc) is 2.74. The van der Waals surface area contributed by atoms with Crippen LogP contribution in [0.4, 0.5) is 0 Å². The molecule has 0 aromatic heterocycles. The van der Waals surface area contributed by atoms with Crippen molar-refractivity contribution in [2.24, 2.45) is 11.7 Å². The van der Waals surface area contributed by atoms with Crippen LogP contribution in [0.25, 0.3) is 0 Å². The second kappa shape index (κ2) is 5.30. The van der Waals surface area contributed by atoms with Crippen LogP contribution in [0.1, 0.15) is 33.1 Å². The van der Waals surface area contributed by atoms with E-state index in [0.717, 1.165) is 12.8 Å². The van der Waals surface area contributed by atoms with Crippen molar-refractivity contribution in [3.63, 3.8) is 0 Å². The number of carbonyl (C=O) groups excluding carboxylic acids is 1. The molecule has 1 aliphatic rings. The second-order valence-corrected chi connectivity index (χ2v) is 4.44. The molecular weight excluding hydrogens is 208 g/mol. The Morgan fingerprint density at radius 1 is 1.56 bits per heavy atom. The van der Waals surface area contributed by atoms with Crippen LogP contribution in [0.5, 0.6) is 0 Å². The minimum Gasteiger partial charge on any atom is -0.480 e. The van der Waals surface area contributed by atoms with E-state index in [2.05, 4.69) is 0 Å². The third kappa shape index (κ3) is 2.52. The van der Waals surface area contributed by atoms with Crippen LogP contribution in [0.3, 0.4) is 0 Å². The van der Waals surface area contributed by atoms with Gasteiger partial charge >= 0.3 is 5.97 Å². The number of carboxylic acid groups (broad SMARTS) is 1. The van der Waals surface area contributed by atoms with E-state index < -0.39 is 18.1 Å². The van der Waals surface area contributed by atoms with E-state index in [9.17, 15) is 9.59 Å². The third-order valence-electron chi connectivity index (χ3n) is 3.36. The third-order valence-corrected chi connectivity index (χ3v) is 3.36. The molecule has 1 aliphatic heterocycles. The molecule has 0 spiro atoms. The largest absolute Gasteiger partial charge is 0.480 e. The Labute approximate surface area is 95.6 Å². The molecular formula is C11H20N2O3. The van der Waals surface area contributed by atoms with Gasteiger partial charge in [0.15, 0.2) is 0 Å². The first-order valence-corrected chi connectivity index (χ1v) is 5.77. The van der Waals surface area contributed by atoms with Gasteiger partial charge in [-0.3, -0.25) is 4.79 Å². The summed E-state index contributed by atoms with van der Waals surface area (Å²) in [6, 6.07) is -1.26. The molecule has 0 saturated carbocycles. The number of carbonyl (C=O) groups is 2. The molecule has 5 heteroatoms. The Kier molecular flexibility index (Phi) is 4.29. The Morgan fingerprint density at radius 2 is 2.19 bits per heavy atom. The van der Waals surface area contributed by atoms with Gasteiger partial charge in [-0.1, -0.05) is 20.3 Å². The lowest BCUT2D eigenvalue weighted by Crippen LogP contribution is -2.50. The molecule has 3 N–H and O–H groups in total. The number of hydrogen-bond acceptors (Lipinski definition) is 3. The molecule has 1 heterocycles. The number of carboxylic acids is 1. The molecule has 1 amide bonds. The molecule has 3 atom stereocenters. The Bertz CT molecular complexity index is 280. The van der Waals surface area contributed by atoms with Gasteiger partial charge in [0.05, 0.1) is 6.04 Å². The van der Waals surface area contributed by atoms with Crippen molar-refractivity contribution >= 4 is 11.9 Å². The van der Waals surface area contributed by atoms with Crippen LogP contribution in [-0.2, 0) is 9.59 Å². The first-order valence-electron chi connectivity index (χ1n) is 5.77. The standard InChI is InChI=1S/C11H20N2O3/c1-3-7(2)9(12)10(14)13-6-4-5-8(13)11(15)16/h7-9H,3-6,12H2,1-2H3,(H,15,16)/t7-,8+,9+/m0/s1. The average molecular weight is 228 g/mol. The molecule has 92 valence electrons. The highest BCUT2D eigenvalue weighted by molar-refractivity contribution is 5.87. The van der Waals surface area contributed by atoms with Crippen molar-refractivity contribution in [2.45, 2.75) is 45.2 Å². The minimum absolute atomic E-state index is 0.0857.